The molecule has 0 spiro atoms. The monoisotopic (exact) mass is 289 g/mol. The van der Waals surface area contributed by atoms with E-state index in [-0.39, 0.29) is 11.4 Å². The Kier molecular flexibility index (Phi) is 3.38. The van der Waals surface area contributed by atoms with Crippen LogP contribution in [0.15, 0.2) is 35.5 Å². The second-order valence-electron chi connectivity index (χ2n) is 3.65. The molecule has 18 heavy (non-hydrogen) atoms. The number of hydrogen-bond acceptors (Lipinski definition) is 3. The maximum Gasteiger partial charge on any atom is 0.241 e. The van der Waals surface area contributed by atoms with Crippen molar-refractivity contribution in [1.82, 2.24) is 9.78 Å². The van der Waals surface area contributed by atoms with Gasteiger partial charge in [0, 0.05) is 16.8 Å². The summed E-state index contributed by atoms with van der Waals surface area (Å²) in [6.07, 6.45) is 2.34. The Morgan fingerprint density at radius 3 is 2.78 bits per heavy atom. The highest BCUT2D eigenvalue weighted by molar-refractivity contribution is 7.89. The normalized spacial score (nSPS) is 11.7. The van der Waals surface area contributed by atoms with Crippen LogP contribution in [0.25, 0.3) is 0 Å². The fraction of sp³-hybridized carbons (Fsp3) is 0.100. The topological polar surface area (TPSA) is 78.0 Å². The number of aromatic nitrogens is 2. The molecule has 1 heterocycles. The Labute approximate surface area is 108 Å². The van der Waals surface area contributed by atoms with Crippen LogP contribution in [0.1, 0.15) is 5.56 Å². The van der Waals surface area contributed by atoms with E-state index in [0.29, 0.717) is 10.6 Å². The second-order valence-corrected chi connectivity index (χ2v) is 5.65. The van der Waals surface area contributed by atoms with Crippen LogP contribution >= 0.6 is 11.6 Å². The van der Waals surface area contributed by atoms with E-state index >= 15 is 0 Å². The highest BCUT2D eigenvalue weighted by Gasteiger charge is 2.11. The van der Waals surface area contributed by atoms with Crippen LogP contribution in [0, 0.1) is 5.82 Å². The predicted molar refractivity (Wildman–Crippen MR) is 64.1 cm³/mol. The predicted octanol–water partition coefficient (Wildman–Crippen LogP) is 1.37. The van der Waals surface area contributed by atoms with Crippen LogP contribution in [0.4, 0.5) is 4.39 Å². The van der Waals surface area contributed by atoms with E-state index in [0.717, 1.165) is 6.20 Å². The van der Waals surface area contributed by atoms with Gasteiger partial charge in [0.25, 0.3) is 0 Å². The molecule has 1 aromatic heterocycles. The minimum absolute atomic E-state index is 0.0713. The van der Waals surface area contributed by atoms with Crippen molar-refractivity contribution in [2.24, 2.45) is 5.14 Å². The van der Waals surface area contributed by atoms with E-state index in [4.69, 9.17) is 16.7 Å². The summed E-state index contributed by atoms with van der Waals surface area (Å²) in [5, 5.41) is 9.13. The Balaban J connectivity index is 2.29. The summed E-state index contributed by atoms with van der Waals surface area (Å²) in [6, 6.07) is 4.12. The van der Waals surface area contributed by atoms with Crippen molar-refractivity contribution >= 4 is 21.6 Å². The molecule has 2 N–H and O–H groups in total. The van der Waals surface area contributed by atoms with Crippen molar-refractivity contribution in [2.45, 2.75) is 11.4 Å². The zero-order chi connectivity index (χ0) is 13.3. The summed E-state index contributed by atoms with van der Waals surface area (Å²) in [6.45, 7) is 0.0713. The molecule has 2 rings (SSSR count). The van der Waals surface area contributed by atoms with E-state index in [9.17, 15) is 12.8 Å². The molecule has 0 bridgehead atoms. The van der Waals surface area contributed by atoms with Crippen LogP contribution < -0.4 is 5.14 Å². The number of hydrogen-bond donors (Lipinski definition) is 1. The third-order valence-corrected chi connectivity index (χ3v) is 3.38. The molecule has 0 aliphatic heterocycles. The maximum atomic E-state index is 13.5. The van der Waals surface area contributed by atoms with Gasteiger partial charge in [-0.1, -0.05) is 11.6 Å². The number of primary sulfonamides is 1. The van der Waals surface area contributed by atoms with E-state index in [1.54, 1.807) is 0 Å². The van der Waals surface area contributed by atoms with Gasteiger partial charge in [-0.25, -0.2) is 17.9 Å². The molecule has 0 amide bonds. The Morgan fingerprint density at radius 1 is 1.44 bits per heavy atom. The van der Waals surface area contributed by atoms with Gasteiger partial charge in [0.05, 0.1) is 12.7 Å². The van der Waals surface area contributed by atoms with E-state index in [1.807, 2.05) is 0 Å². The van der Waals surface area contributed by atoms with Gasteiger partial charge in [-0.2, -0.15) is 5.10 Å². The summed E-state index contributed by atoms with van der Waals surface area (Å²) in [4.78, 5) is -0.120. The van der Waals surface area contributed by atoms with Crippen LogP contribution in [0.3, 0.4) is 0 Å². The van der Waals surface area contributed by atoms with Crippen molar-refractivity contribution < 1.29 is 12.8 Å². The van der Waals surface area contributed by atoms with Crippen LogP contribution in [0.2, 0.25) is 5.02 Å². The van der Waals surface area contributed by atoms with Crippen molar-refractivity contribution in [3.8, 4) is 0 Å². The highest BCUT2D eigenvalue weighted by atomic mass is 35.5. The number of nitrogens with zero attached hydrogens (tertiary/aromatic N) is 2. The van der Waals surface area contributed by atoms with Gasteiger partial charge in [-0.05, 0) is 18.2 Å². The SMILES string of the molecule is NS(=O)(=O)c1cnn(Cc2cc(Cl)ccc2F)c1. The Morgan fingerprint density at radius 2 is 2.17 bits per heavy atom. The van der Waals surface area contributed by atoms with Gasteiger partial charge in [0.2, 0.25) is 10.0 Å². The molecule has 0 atom stereocenters. The minimum Gasteiger partial charge on any atom is -0.267 e. The third-order valence-electron chi connectivity index (χ3n) is 2.28. The molecular weight excluding hydrogens is 281 g/mol. The zero-order valence-corrected chi connectivity index (χ0v) is 10.6. The molecule has 1 aromatic carbocycles. The van der Waals surface area contributed by atoms with Gasteiger partial charge in [0.15, 0.2) is 0 Å². The maximum absolute atomic E-state index is 13.5. The lowest BCUT2D eigenvalue weighted by atomic mass is 10.2. The zero-order valence-electron chi connectivity index (χ0n) is 9.05. The van der Waals surface area contributed by atoms with E-state index in [1.165, 1.54) is 29.1 Å². The lowest BCUT2D eigenvalue weighted by Gasteiger charge is -2.03. The molecule has 0 saturated carbocycles. The largest absolute Gasteiger partial charge is 0.267 e. The first-order valence-corrected chi connectivity index (χ1v) is 6.78. The highest BCUT2D eigenvalue weighted by Crippen LogP contribution is 2.16. The van der Waals surface area contributed by atoms with Crippen LogP contribution in [-0.2, 0) is 16.6 Å². The molecule has 0 aliphatic rings. The number of nitrogens with two attached hydrogens (primary N) is 1. The van der Waals surface area contributed by atoms with Crippen LogP contribution in [0.5, 0.6) is 0 Å². The van der Waals surface area contributed by atoms with Gasteiger partial charge in [-0.15, -0.1) is 0 Å². The van der Waals surface area contributed by atoms with Gasteiger partial charge in [-0.3, -0.25) is 4.68 Å². The standard InChI is InChI=1S/C10H9ClFN3O2S/c11-8-1-2-10(12)7(3-8)5-15-6-9(4-14-15)18(13,16)17/h1-4,6H,5H2,(H2,13,16,17). The molecule has 8 heteroatoms. The molecule has 5 nitrogen and oxygen atoms in total. The molecule has 0 radical (unpaired) electrons. The Hall–Kier alpha value is -1.44. The quantitative estimate of drug-likeness (QED) is 0.927. The van der Waals surface area contributed by atoms with Gasteiger partial charge < -0.3 is 0 Å². The van der Waals surface area contributed by atoms with E-state index < -0.39 is 15.8 Å². The Bertz CT molecular complexity index is 684. The first-order valence-electron chi connectivity index (χ1n) is 4.85. The third kappa shape index (κ3) is 2.87. The van der Waals surface area contributed by atoms with Crippen molar-refractivity contribution in [1.29, 1.82) is 0 Å². The molecule has 0 fully saturated rings. The molecule has 0 unspecified atom stereocenters. The number of rotatable bonds is 3. The molecule has 0 saturated heterocycles. The summed E-state index contributed by atoms with van der Waals surface area (Å²) in [7, 11) is -3.80. The summed E-state index contributed by atoms with van der Waals surface area (Å²) < 4.78 is 36.8. The smallest absolute Gasteiger partial charge is 0.241 e. The molecular formula is C10H9ClFN3O2S. The molecule has 2 aromatic rings. The van der Waals surface area contributed by atoms with Gasteiger partial charge >= 0.3 is 0 Å². The average Bonchev–Trinajstić information content (AvgIpc) is 2.71. The molecule has 0 aliphatic carbocycles. The first kappa shape index (κ1) is 13.0. The first-order chi connectivity index (χ1) is 8.36. The minimum atomic E-state index is -3.80. The lowest BCUT2D eigenvalue weighted by Crippen LogP contribution is -2.11. The fourth-order valence-corrected chi connectivity index (χ4v) is 2.07. The van der Waals surface area contributed by atoms with Gasteiger partial charge in [0.1, 0.15) is 10.7 Å². The van der Waals surface area contributed by atoms with Crippen molar-refractivity contribution in [3.05, 3.63) is 47.0 Å². The number of sulfonamides is 1. The van der Waals surface area contributed by atoms with Crippen molar-refractivity contribution in [3.63, 3.8) is 0 Å². The van der Waals surface area contributed by atoms with E-state index in [2.05, 4.69) is 5.10 Å². The van der Waals surface area contributed by atoms with Crippen LogP contribution in [-0.4, -0.2) is 18.2 Å². The number of halogens is 2. The summed E-state index contributed by atoms with van der Waals surface area (Å²) in [5.41, 5.74) is 0.312. The fourth-order valence-electron chi connectivity index (χ4n) is 1.42. The molecule has 96 valence electrons. The number of benzene rings is 1. The summed E-state index contributed by atoms with van der Waals surface area (Å²) >= 11 is 5.75. The lowest BCUT2D eigenvalue weighted by molar-refractivity contribution is 0.584. The average molecular weight is 290 g/mol. The van der Waals surface area contributed by atoms with Crippen molar-refractivity contribution in [2.75, 3.05) is 0 Å². The summed E-state index contributed by atoms with van der Waals surface area (Å²) in [5.74, 6) is -0.438. The second kappa shape index (κ2) is 4.68.